The highest BCUT2D eigenvalue weighted by Gasteiger charge is 2.10. The van der Waals surface area contributed by atoms with Gasteiger partial charge in [-0.2, -0.15) is 0 Å². The first kappa shape index (κ1) is 18.5. The Kier molecular flexibility index (Phi) is 6.39. The second kappa shape index (κ2) is 8.30. The van der Waals surface area contributed by atoms with E-state index < -0.39 is 0 Å². The zero-order chi connectivity index (χ0) is 17.7. The van der Waals surface area contributed by atoms with Crippen LogP contribution in [0.1, 0.15) is 10.4 Å². The summed E-state index contributed by atoms with van der Waals surface area (Å²) in [6, 6.07) is 12.2. The minimum atomic E-state index is -0.306. The van der Waals surface area contributed by atoms with Crippen LogP contribution in [0.2, 0.25) is 0 Å². The van der Waals surface area contributed by atoms with E-state index in [1.807, 2.05) is 12.1 Å². The van der Waals surface area contributed by atoms with E-state index in [0.29, 0.717) is 17.0 Å². The lowest BCUT2D eigenvalue weighted by Crippen LogP contribution is -2.23. The minimum absolute atomic E-state index is 0.124. The fourth-order valence-corrected chi connectivity index (χ4v) is 3.08. The fourth-order valence-electron chi connectivity index (χ4n) is 1.92. The predicted octanol–water partition coefficient (Wildman–Crippen LogP) is 3.93. The molecule has 0 atom stereocenters. The maximum Gasteiger partial charge on any atom is 0.262 e. The predicted molar refractivity (Wildman–Crippen MR) is 100 cm³/mol. The van der Waals surface area contributed by atoms with Crippen LogP contribution < -0.4 is 10.1 Å². The Morgan fingerprint density at radius 1 is 1.12 bits per heavy atom. The average molecular weight is 456 g/mol. The second-order valence-electron chi connectivity index (χ2n) is 5.19. The monoisotopic (exact) mass is 454 g/mol. The number of benzene rings is 2. The number of halogens is 2. The summed E-state index contributed by atoms with van der Waals surface area (Å²) in [5, 5.41) is 2.72. The molecule has 5 nitrogen and oxygen atoms in total. The van der Waals surface area contributed by atoms with Gasteiger partial charge in [-0.1, -0.05) is 22.0 Å². The molecule has 0 saturated carbocycles. The number of nitrogens with one attached hydrogen (secondary N) is 1. The van der Waals surface area contributed by atoms with Gasteiger partial charge in [-0.25, -0.2) is 0 Å². The van der Waals surface area contributed by atoms with Gasteiger partial charge < -0.3 is 15.0 Å². The zero-order valence-electron chi connectivity index (χ0n) is 13.2. The van der Waals surface area contributed by atoms with Gasteiger partial charge in [-0.3, -0.25) is 9.59 Å². The largest absolute Gasteiger partial charge is 0.483 e. The number of rotatable bonds is 5. The second-order valence-corrected chi connectivity index (χ2v) is 6.96. The topological polar surface area (TPSA) is 58.6 Å². The smallest absolute Gasteiger partial charge is 0.262 e. The molecule has 0 aliphatic carbocycles. The van der Waals surface area contributed by atoms with Crippen LogP contribution in [0.15, 0.2) is 51.4 Å². The summed E-state index contributed by atoms with van der Waals surface area (Å²) >= 11 is 6.73. The van der Waals surface area contributed by atoms with Gasteiger partial charge in [-0.05, 0) is 52.3 Å². The lowest BCUT2D eigenvalue weighted by atomic mass is 10.2. The van der Waals surface area contributed by atoms with Gasteiger partial charge in [0.1, 0.15) is 5.75 Å². The quantitative estimate of drug-likeness (QED) is 0.742. The number of hydrogen-bond acceptors (Lipinski definition) is 3. The number of anilines is 1. The van der Waals surface area contributed by atoms with Gasteiger partial charge in [0.05, 0.1) is 4.47 Å². The first-order chi connectivity index (χ1) is 11.4. The van der Waals surface area contributed by atoms with E-state index in [0.717, 1.165) is 8.95 Å². The van der Waals surface area contributed by atoms with Crippen molar-refractivity contribution in [2.45, 2.75) is 0 Å². The summed E-state index contributed by atoms with van der Waals surface area (Å²) in [5.41, 5.74) is 1.06. The van der Waals surface area contributed by atoms with Crippen LogP contribution in [-0.4, -0.2) is 37.4 Å². The van der Waals surface area contributed by atoms with E-state index in [-0.39, 0.29) is 18.4 Å². The van der Waals surface area contributed by atoms with E-state index in [4.69, 9.17) is 4.74 Å². The van der Waals surface area contributed by atoms with Crippen LogP contribution >= 0.6 is 31.9 Å². The number of carbonyl (C=O) groups is 2. The van der Waals surface area contributed by atoms with Crippen molar-refractivity contribution in [2.24, 2.45) is 0 Å². The van der Waals surface area contributed by atoms with Crippen molar-refractivity contribution in [3.8, 4) is 5.75 Å². The lowest BCUT2D eigenvalue weighted by Gasteiger charge is -2.12. The highest BCUT2D eigenvalue weighted by atomic mass is 79.9. The normalized spacial score (nSPS) is 10.2. The van der Waals surface area contributed by atoms with Gasteiger partial charge in [0, 0.05) is 29.8 Å². The van der Waals surface area contributed by atoms with Crippen molar-refractivity contribution in [3.05, 3.63) is 57.0 Å². The van der Waals surface area contributed by atoms with Gasteiger partial charge in [0.2, 0.25) is 0 Å². The molecule has 7 heteroatoms. The molecule has 126 valence electrons. The van der Waals surface area contributed by atoms with Crippen LogP contribution in [-0.2, 0) is 4.79 Å². The first-order valence-corrected chi connectivity index (χ1v) is 8.65. The molecule has 0 aliphatic rings. The standard InChI is InChI=1S/C17H16Br2N2O3/c1-21(2)17(23)11-4-3-5-13(8-11)20-16(22)10-24-15-7-6-12(18)9-14(15)19/h3-9H,10H2,1-2H3,(H,20,22). The van der Waals surface area contributed by atoms with Crippen LogP contribution in [0.4, 0.5) is 5.69 Å². The van der Waals surface area contributed by atoms with Crippen molar-refractivity contribution < 1.29 is 14.3 Å². The number of hydrogen-bond donors (Lipinski definition) is 1. The highest BCUT2D eigenvalue weighted by molar-refractivity contribution is 9.11. The summed E-state index contributed by atoms with van der Waals surface area (Å²) in [6.07, 6.45) is 0. The van der Waals surface area contributed by atoms with E-state index in [2.05, 4.69) is 37.2 Å². The van der Waals surface area contributed by atoms with Gasteiger partial charge in [0.15, 0.2) is 6.61 Å². The molecule has 0 unspecified atom stereocenters. The molecule has 2 rings (SSSR count). The average Bonchev–Trinajstić information content (AvgIpc) is 2.53. The lowest BCUT2D eigenvalue weighted by molar-refractivity contribution is -0.118. The van der Waals surface area contributed by atoms with E-state index in [9.17, 15) is 9.59 Å². The van der Waals surface area contributed by atoms with Crippen LogP contribution in [0.5, 0.6) is 5.75 Å². The maximum atomic E-state index is 12.0. The highest BCUT2D eigenvalue weighted by Crippen LogP contribution is 2.28. The van der Waals surface area contributed by atoms with E-state index >= 15 is 0 Å². The van der Waals surface area contributed by atoms with Crippen molar-refractivity contribution in [2.75, 3.05) is 26.0 Å². The third kappa shape index (κ3) is 5.07. The van der Waals surface area contributed by atoms with Crippen molar-refractivity contribution in [1.29, 1.82) is 0 Å². The Balaban J connectivity index is 1.97. The molecule has 2 aromatic rings. The molecule has 2 amide bonds. The summed E-state index contributed by atoms with van der Waals surface area (Å²) in [6.45, 7) is -0.133. The molecular formula is C17H16Br2N2O3. The van der Waals surface area contributed by atoms with Crippen LogP contribution in [0.25, 0.3) is 0 Å². The first-order valence-electron chi connectivity index (χ1n) is 7.06. The molecule has 0 radical (unpaired) electrons. The minimum Gasteiger partial charge on any atom is -0.483 e. The van der Waals surface area contributed by atoms with E-state index in [1.165, 1.54) is 4.90 Å². The molecule has 0 bridgehead atoms. The molecule has 1 N–H and O–H groups in total. The molecule has 24 heavy (non-hydrogen) atoms. The molecule has 0 heterocycles. The summed E-state index contributed by atoms with van der Waals surface area (Å²) in [4.78, 5) is 25.4. The van der Waals surface area contributed by atoms with E-state index in [1.54, 1.807) is 44.4 Å². The van der Waals surface area contributed by atoms with Crippen molar-refractivity contribution in [3.63, 3.8) is 0 Å². The third-order valence-corrected chi connectivity index (χ3v) is 4.17. The zero-order valence-corrected chi connectivity index (χ0v) is 16.3. The number of amides is 2. The van der Waals surface area contributed by atoms with Crippen molar-refractivity contribution in [1.82, 2.24) is 4.90 Å². The third-order valence-electron chi connectivity index (χ3n) is 3.05. The summed E-state index contributed by atoms with van der Waals surface area (Å²) in [5.74, 6) is 0.144. The summed E-state index contributed by atoms with van der Waals surface area (Å²) in [7, 11) is 3.36. The number of nitrogens with zero attached hydrogens (tertiary/aromatic N) is 1. The SMILES string of the molecule is CN(C)C(=O)c1cccc(NC(=O)COc2ccc(Br)cc2Br)c1. The number of ether oxygens (including phenoxy) is 1. The molecule has 0 aliphatic heterocycles. The Labute approximate surface area is 157 Å². The molecule has 0 fully saturated rings. The number of carbonyl (C=O) groups excluding carboxylic acids is 2. The Hall–Kier alpha value is -1.86. The molecule has 0 aromatic heterocycles. The Bertz CT molecular complexity index is 763. The summed E-state index contributed by atoms with van der Waals surface area (Å²) < 4.78 is 7.15. The van der Waals surface area contributed by atoms with Gasteiger partial charge in [0.25, 0.3) is 11.8 Å². The molecular weight excluding hydrogens is 440 g/mol. The van der Waals surface area contributed by atoms with Crippen molar-refractivity contribution >= 4 is 49.4 Å². The fraction of sp³-hybridized carbons (Fsp3) is 0.176. The van der Waals surface area contributed by atoms with Gasteiger partial charge in [-0.15, -0.1) is 0 Å². The molecule has 2 aromatic carbocycles. The molecule has 0 saturated heterocycles. The maximum absolute atomic E-state index is 12.0. The molecule has 0 spiro atoms. The Morgan fingerprint density at radius 3 is 2.54 bits per heavy atom. The van der Waals surface area contributed by atoms with Gasteiger partial charge >= 0.3 is 0 Å². The van der Waals surface area contributed by atoms with Crippen LogP contribution in [0.3, 0.4) is 0 Å². The van der Waals surface area contributed by atoms with Crippen LogP contribution in [0, 0.1) is 0 Å². The Morgan fingerprint density at radius 2 is 1.88 bits per heavy atom.